The first kappa shape index (κ1) is 13.2. The van der Waals surface area contributed by atoms with E-state index in [0.29, 0.717) is 13.0 Å². The number of rotatable bonds is 8. The number of hydrogen-bond acceptors (Lipinski definition) is 3. The Morgan fingerprint density at radius 1 is 1.29 bits per heavy atom. The van der Waals surface area contributed by atoms with Gasteiger partial charge in [-0.15, -0.1) is 0 Å². The Morgan fingerprint density at radius 2 is 2.12 bits per heavy atom. The number of hydrogen-bond donors (Lipinski definition) is 2. The highest BCUT2D eigenvalue weighted by atomic mass is 16.4. The number of nitrogens with zero attached hydrogens (tertiary/aromatic N) is 2. The van der Waals surface area contributed by atoms with E-state index in [-0.39, 0.29) is 18.9 Å². The van der Waals surface area contributed by atoms with E-state index in [0.717, 1.165) is 12.8 Å². The number of carbonyl (C=O) groups is 2. The zero-order valence-electron chi connectivity index (χ0n) is 9.63. The number of nitrogens with one attached hydrogen (secondary N) is 1. The van der Waals surface area contributed by atoms with Gasteiger partial charge in [0.05, 0.1) is 0 Å². The lowest BCUT2D eigenvalue weighted by Gasteiger charge is -2.04. The van der Waals surface area contributed by atoms with Crippen molar-refractivity contribution in [3.8, 4) is 0 Å². The molecule has 0 atom stereocenters. The number of carboxylic acid groups (broad SMARTS) is 1. The number of carboxylic acids is 1. The smallest absolute Gasteiger partial charge is 0.303 e. The van der Waals surface area contributed by atoms with Gasteiger partial charge in [0.25, 0.3) is 0 Å². The van der Waals surface area contributed by atoms with Gasteiger partial charge in [-0.1, -0.05) is 6.42 Å². The number of amides is 1. The average Bonchev–Trinajstić information content (AvgIpc) is 2.75. The summed E-state index contributed by atoms with van der Waals surface area (Å²) in [6, 6.07) is 1.76. The summed E-state index contributed by atoms with van der Waals surface area (Å²) < 4.78 is 1.56. The fourth-order valence-electron chi connectivity index (χ4n) is 1.40. The van der Waals surface area contributed by atoms with E-state index >= 15 is 0 Å². The van der Waals surface area contributed by atoms with Gasteiger partial charge in [-0.05, 0) is 18.9 Å². The predicted molar refractivity (Wildman–Crippen MR) is 61.3 cm³/mol. The fraction of sp³-hybridized carbons (Fsp3) is 0.545. The van der Waals surface area contributed by atoms with E-state index in [1.54, 1.807) is 23.1 Å². The molecule has 6 heteroatoms. The summed E-state index contributed by atoms with van der Waals surface area (Å²) in [5.74, 6) is -0.848. The summed E-state index contributed by atoms with van der Waals surface area (Å²) in [5.41, 5.74) is 0. The number of unbranched alkanes of at least 4 members (excludes halogenated alkanes) is 2. The molecule has 0 radical (unpaired) electrons. The summed E-state index contributed by atoms with van der Waals surface area (Å²) in [6.07, 6.45) is 5.82. The van der Waals surface area contributed by atoms with Gasteiger partial charge in [-0.25, -0.2) is 0 Å². The minimum absolute atomic E-state index is 0.0769. The number of aromatic nitrogens is 2. The largest absolute Gasteiger partial charge is 0.481 e. The molecule has 0 unspecified atom stereocenters. The molecule has 0 saturated carbocycles. The molecule has 1 rings (SSSR count). The standard InChI is InChI=1S/C11H17N3O3/c15-10(9-14-8-4-7-13-14)12-6-3-1-2-5-11(16)17/h4,7-8H,1-3,5-6,9H2,(H,12,15)(H,16,17). The second-order valence-electron chi connectivity index (χ2n) is 3.76. The van der Waals surface area contributed by atoms with Crippen LogP contribution in [0.2, 0.25) is 0 Å². The van der Waals surface area contributed by atoms with Crippen LogP contribution in [0.3, 0.4) is 0 Å². The Hall–Kier alpha value is -1.85. The SMILES string of the molecule is O=C(O)CCCCCNC(=O)Cn1cccn1. The van der Waals surface area contributed by atoms with Gasteiger partial charge in [-0.3, -0.25) is 14.3 Å². The summed E-state index contributed by atoms with van der Waals surface area (Å²) in [6.45, 7) is 0.807. The number of aliphatic carboxylic acids is 1. The average molecular weight is 239 g/mol. The first-order valence-electron chi connectivity index (χ1n) is 5.64. The molecule has 0 aliphatic carbocycles. The van der Waals surface area contributed by atoms with Crippen LogP contribution in [0.15, 0.2) is 18.5 Å². The highest BCUT2D eigenvalue weighted by Gasteiger charge is 2.01. The lowest BCUT2D eigenvalue weighted by molar-refractivity contribution is -0.137. The van der Waals surface area contributed by atoms with Crippen molar-refractivity contribution in [3.63, 3.8) is 0 Å². The zero-order chi connectivity index (χ0) is 12.5. The van der Waals surface area contributed by atoms with E-state index in [9.17, 15) is 9.59 Å². The Balaban J connectivity index is 1.99. The van der Waals surface area contributed by atoms with E-state index in [2.05, 4.69) is 10.4 Å². The van der Waals surface area contributed by atoms with Gasteiger partial charge in [0.1, 0.15) is 6.54 Å². The van der Waals surface area contributed by atoms with Gasteiger partial charge in [-0.2, -0.15) is 5.10 Å². The van der Waals surface area contributed by atoms with Gasteiger partial charge in [0.2, 0.25) is 5.91 Å². The summed E-state index contributed by atoms with van der Waals surface area (Å²) >= 11 is 0. The van der Waals surface area contributed by atoms with Crippen molar-refractivity contribution in [3.05, 3.63) is 18.5 Å². The minimum atomic E-state index is -0.771. The van der Waals surface area contributed by atoms with Crippen LogP contribution in [-0.2, 0) is 16.1 Å². The van der Waals surface area contributed by atoms with Crippen LogP contribution in [0, 0.1) is 0 Å². The van der Waals surface area contributed by atoms with Crippen LogP contribution >= 0.6 is 0 Å². The van der Waals surface area contributed by atoms with Crippen LogP contribution in [0.4, 0.5) is 0 Å². The second kappa shape index (κ2) is 7.43. The highest BCUT2D eigenvalue weighted by Crippen LogP contribution is 1.98. The summed E-state index contributed by atoms with van der Waals surface area (Å²) in [7, 11) is 0. The maximum Gasteiger partial charge on any atom is 0.303 e. The van der Waals surface area contributed by atoms with Gasteiger partial charge >= 0.3 is 5.97 Å². The van der Waals surface area contributed by atoms with Crippen molar-refractivity contribution < 1.29 is 14.7 Å². The molecule has 1 aromatic heterocycles. The van der Waals surface area contributed by atoms with E-state index in [1.807, 2.05) is 0 Å². The molecule has 0 fully saturated rings. The molecular formula is C11H17N3O3. The van der Waals surface area contributed by atoms with E-state index in [4.69, 9.17) is 5.11 Å². The topological polar surface area (TPSA) is 84.2 Å². The molecule has 0 bridgehead atoms. The normalized spacial score (nSPS) is 10.1. The van der Waals surface area contributed by atoms with Crippen molar-refractivity contribution in [1.29, 1.82) is 0 Å². The molecule has 0 spiro atoms. The third kappa shape index (κ3) is 6.34. The van der Waals surface area contributed by atoms with Crippen LogP contribution in [0.25, 0.3) is 0 Å². The van der Waals surface area contributed by atoms with Gasteiger partial charge in [0.15, 0.2) is 0 Å². The first-order chi connectivity index (χ1) is 8.18. The molecule has 17 heavy (non-hydrogen) atoms. The van der Waals surface area contributed by atoms with Crippen molar-refractivity contribution in [2.45, 2.75) is 32.2 Å². The molecule has 0 saturated heterocycles. The van der Waals surface area contributed by atoms with Crippen LogP contribution in [0.1, 0.15) is 25.7 Å². The Morgan fingerprint density at radius 3 is 2.76 bits per heavy atom. The molecule has 94 valence electrons. The molecular weight excluding hydrogens is 222 g/mol. The predicted octanol–water partition coefficient (Wildman–Crippen LogP) is 0.644. The Bertz CT molecular complexity index is 349. The lowest BCUT2D eigenvalue weighted by atomic mass is 10.2. The minimum Gasteiger partial charge on any atom is -0.481 e. The van der Waals surface area contributed by atoms with Gasteiger partial charge in [0, 0.05) is 25.4 Å². The van der Waals surface area contributed by atoms with Crippen LogP contribution in [-0.4, -0.2) is 33.3 Å². The van der Waals surface area contributed by atoms with Crippen LogP contribution in [0.5, 0.6) is 0 Å². The molecule has 6 nitrogen and oxygen atoms in total. The fourth-order valence-corrected chi connectivity index (χ4v) is 1.40. The highest BCUT2D eigenvalue weighted by molar-refractivity contribution is 5.75. The molecule has 1 aromatic rings. The lowest BCUT2D eigenvalue weighted by Crippen LogP contribution is -2.28. The van der Waals surface area contributed by atoms with Crippen molar-refractivity contribution in [1.82, 2.24) is 15.1 Å². The molecule has 2 N–H and O–H groups in total. The Kier molecular flexibility index (Phi) is 5.77. The summed E-state index contributed by atoms with van der Waals surface area (Å²) in [5, 5.41) is 15.1. The van der Waals surface area contributed by atoms with E-state index in [1.165, 1.54) is 0 Å². The maximum atomic E-state index is 11.4. The Labute approximate surface area is 99.6 Å². The molecule has 1 heterocycles. The molecule has 1 amide bonds. The van der Waals surface area contributed by atoms with Gasteiger partial charge < -0.3 is 10.4 Å². The number of carbonyl (C=O) groups excluding carboxylic acids is 1. The quantitative estimate of drug-likeness (QED) is 0.652. The first-order valence-corrected chi connectivity index (χ1v) is 5.64. The molecule has 0 aromatic carbocycles. The monoisotopic (exact) mass is 239 g/mol. The zero-order valence-corrected chi connectivity index (χ0v) is 9.63. The third-order valence-corrected chi connectivity index (χ3v) is 2.25. The molecule has 0 aliphatic rings. The second-order valence-corrected chi connectivity index (χ2v) is 3.76. The van der Waals surface area contributed by atoms with Crippen molar-refractivity contribution >= 4 is 11.9 Å². The third-order valence-electron chi connectivity index (χ3n) is 2.25. The maximum absolute atomic E-state index is 11.4. The van der Waals surface area contributed by atoms with Crippen LogP contribution < -0.4 is 5.32 Å². The van der Waals surface area contributed by atoms with E-state index < -0.39 is 5.97 Å². The van der Waals surface area contributed by atoms with Crippen molar-refractivity contribution in [2.75, 3.05) is 6.54 Å². The molecule has 0 aliphatic heterocycles. The van der Waals surface area contributed by atoms with Crippen molar-refractivity contribution in [2.24, 2.45) is 0 Å². The summed E-state index contributed by atoms with van der Waals surface area (Å²) in [4.78, 5) is 21.6.